The Balaban J connectivity index is 2.10. The lowest BCUT2D eigenvalue weighted by Crippen LogP contribution is -2.26. The smallest absolute Gasteiger partial charge is 0.263 e. The molecule has 0 amide bonds. The number of carbonyl (C=O) groups is 1. The Hall–Kier alpha value is -1.39. The third-order valence-electron chi connectivity index (χ3n) is 3.58. The molecule has 98 valence electrons. The summed E-state index contributed by atoms with van der Waals surface area (Å²) in [6.45, 7) is 3.73. The first-order valence-corrected chi connectivity index (χ1v) is 7.18. The minimum absolute atomic E-state index is 0.0492. The molecule has 1 aromatic heterocycles. The van der Waals surface area contributed by atoms with Crippen LogP contribution < -0.4 is 5.32 Å². The molecule has 0 spiro atoms. The predicted molar refractivity (Wildman–Crippen MR) is 78.5 cm³/mol. The molecule has 2 aromatic rings. The zero-order chi connectivity index (χ0) is 13.4. The van der Waals surface area contributed by atoms with Gasteiger partial charge in [0.15, 0.2) is 0 Å². The highest BCUT2D eigenvalue weighted by Crippen LogP contribution is 2.25. The zero-order valence-electron chi connectivity index (χ0n) is 10.7. The van der Waals surface area contributed by atoms with E-state index in [1.807, 2.05) is 37.3 Å². The van der Waals surface area contributed by atoms with Crippen LogP contribution in [0.2, 0.25) is 0 Å². The van der Waals surface area contributed by atoms with E-state index in [9.17, 15) is 4.79 Å². The van der Waals surface area contributed by atoms with Gasteiger partial charge in [-0.05, 0) is 46.1 Å². The maximum Gasteiger partial charge on any atom is 0.263 e. The summed E-state index contributed by atoms with van der Waals surface area (Å²) < 4.78 is 2.65. The van der Waals surface area contributed by atoms with E-state index in [4.69, 9.17) is 0 Å². The molecule has 0 aliphatic carbocycles. The van der Waals surface area contributed by atoms with E-state index >= 15 is 0 Å². The van der Waals surface area contributed by atoms with E-state index in [2.05, 4.69) is 21.2 Å². The summed E-state index contributed by atoms with van der Waals surface area (Å²) in [5.41, 5.74) is 4.11. The lowest BCUT2D eigenvalue weighted by molar-refractivity contribution is 0.0954. The largest absolute Gasteiger partial charge is 0.312 e. The third-order valence-corrected chi connectivity index (χ3v) is 4.16. The second-order valence-corrected chi connectivity index (χ2v) is 5.63. The Labute approximate surface area is 120 Å². The first kappa shape index (κ1) is 12.6. The van der Waals surface area contributed by atoms with Crippen molar-refractivity contribution in [3.63, 3.8) is 0 Å². The number of aromatic nitrogens is 1. The molecule has 0 saturated carbocycles. The summed E-state index contributed by atoms with van der Waals surface area (Å²) in [6, 6.07) is 9.76. The fourth-order valence-electron chi connectivity index (χ4n) is 2.57. The van der Waals surface area contributed by atoms with Crippen LogP contribution >= 0.6 is 15.9 Å². The number of benzene rings is 1. The summed E-state index contributed by atoms with van der Waals surface area (Å²) in [5, 5.41) is 3.33. The van der Waals surface area contributed by atoms with Crippen molar-refractivity contribution in [2.24, 2.45) is 0 Å². The molecule has 1 aliphatic heterocycles. The second-order valence-electron chi connectivity index (χ2n) is 4.82. The Kier molecular flexibility index (Phi) is 3.29. The van der Waals surface area contributed by atoms with Gasteiger partial charge in [-0.25, -0.2) is 0 Å². The number of nitrogens with zero attached hydrogens (tertiary/aromatic N) is 1. The number of halogens is 1. The lowest BCUT2D eigenvalue weighted by Gasteiger charge is -2.16. The Bertz CT molecular complexity index is 646. The summed E-state index contributed by atoms with van der Waals surface area (Å²) in [7, 11) is 0. The number of carbonyl (C=O) groups excluding carboxylic acids is 1. The van der Waals surface area contributed by atoms with E-state index in [1.165, 1.54) is 5.56 Å². The molecule has 0 bridgehead atoms. The first-order valence-electron chi connectivity index (χ1n) is 6.38. The molecule has 2 heterocycles. The minimum Gasteiger partial charge on any atom is -0.312 e. The molecule has 1 N–H and O–H groups in total. The van der Waals surface area contributed by atoms with Gasteiger partial charge in [0.05, 0.1) is 4.60 Å². The van der Waals surface area contributed by atoms with Crippen LogP contribution in [-0.4, -0.2) is 17.0 Å². The van der Waals surface area contributed by atoms with Crippen LogP contribution in [-0.2, 0) is 13.0 Å². The standard InChI is InChI=1S/C15H15BrN2O/c1-10-4-2-3-5-12(10)15(19)18-13-6-7-17-9-11(13)8-14(18)16/h2-5,8,17H,6-7,9H2,1H3. The van der Waals surface area contributed by atoms with E-state index in [0.29, 0.717) is 0 Å². The molecule has 3 rings (SSSR count). The van der Waals surface area contributed by atoms with Crippen LogP contribution in [0.25, 0.3) is 0 Å². The summed E-state index contributed by atoms with van der Waals surface area (Å²) in [4.78, 5) is 12.7. The SMILES string of the molecule is Cc1ccccc1C(=O)n1c(Br)cc2c1CCNC2. The molecule has 1 aromatic carbocycles. The van der Waals surface area contributed by atoms with Crippen molar-refractivity contribution in [3.05, 3.63) is 57.3 Å². The normalized spacial score (nSPS) is 14.2. The molecule has 1 aliphatic rings. The van der Waals surface area contributed by atoms with Gasteiger partial charge < -0.3 is 5.32 Å². The van der Waals surface area contributed by atoms with Crippen molar-refractivity contribution >= 4 is 21.8 Å². The van der Waals surface area contributed by atoms with Gasteiger partial charge in [-0.1, -0.05) is 18.2 Å². The third kappa shape index (κ3) is 2.15. The molecule has 19 heavy (non-hydrogen) atoms. The van der Waals surface area contributed by atoms with E-state index in [0.717, 1.165) is 40.9 Å². The van der Waals surface area contributed by atoms with Crippen molar-refractivity contribution in [2.75, 3.05) is 6.54 Å². The number of rotatable bonds is 1. The molecule has 4 heteroatoms. The molecule has 0 fully saturated rings. The van der Waals surface area contributed by atoms with Crippen LogP contribution in [0.5, 0.6) is 0 Å². The summed E-state index contributed by atoms with van der Waals surface area (Å²) in [6.07, 6.45) is 0.887. The van der Waals surface area contributed by atoms with E-state index in [1.54, 1.807) is 4.57 Å². The average molecular weight is 319 g/mol. The minimum atomic E-state index is 0.0492. The van der Waals surface area contributed by atoms with Crippen molar-refractivity contribution < 1.29 is 4.79 Å². The molecular formula is C15H15BrN2O. The second kappa shape index (κ2) is 4.94. The summed E-state index contributed by atoms with van der Waals surface area (Å²) in [5.74, 6) is 0.0492. The van der Waals surface area contributed by atoms with Crippen molar-refractivity contribution in [1.29, 1.82) is 0 Å². The van der Waals surface area contributed by atoms with Crippen LogP contribution in [0.3, 0.4) is 0 Å². The number of hydrogen-bond acceptors (Lipinski definition) is 2. The highest BCUT2D eigenvalue weighted by molar-refractivity contribution is 9.10. The fraction of sp³-hybridized carbons (Fsp3) is 0.267. The van der Waals surface area contributed by atoms with Crippen molar-refractivity contribution in [2.45, 2.75) is 19.9 Å². The van der Waals surface area contributed by atoms with E-state index in [-0.39, 0.29) is 5.91 Å². The lowest BCUT2D eigenvalue weighted by atomic mass is 10.1. The number of hydrogen-bond donors (Lipinski definition) is 1. The fourth-order valence-corrected chi connectivity index (χ4v) is 3.22. The highest BCUT2D eigenvalue weighted by atomic mass is 79.9. The van der Waals surface area contributed by atoms with Gasteiger partial charge in [-0.2, -0.15) is 0 Å². The van der Waals surface area contributed by atoms with Gasteiger partial charge in [-0.15, -0.1) is 0 Å². The zero-order valence-corrected chi connectivity index (χ0v) is 12.3. The van der Waals surface area contributed by atoms with Gasteiger partial charge >= 0.3 is 0 Å². The average Bonchev–Trinajstić information content (AvgIpc) is 2.74. The molecule has 3 nitrogen and oxygen atoms in total. The Morgan fingerprint density at radius 1 is 1.37 bits per heavy atom. The molecule has 0 saturated heterocycles. The highest BCUT2D eigenvalue weighted by Gasteiger charge is 2.22. The quantitative estimate of drug-likeness (QED) is 0.877. The van der Waals surface area contributed by atoms with Crippen LogP contribution in [0, 0.1) is 6.92 Å². The summed E-state index contributed by atoms with van der Waals surface area (Å²) >= 11 is 3.51. The Morgan fingerprint density at radius 2 is 2.16 bits per heavy atom. The van der Waals surface area contributed by atoms with Crippen molar-refractivity contribution in [3.8, 4) is 0 Å². The van der Waals surface area contributed by atoms with Crippen LogP contribution in [0.15, 0.2) is 34.9 Å². The molecular weight excluding hydrogens is 304 g/mol. The first-order chi connectivity index (χ1) is 9.18. The molecule has 0 atom stereocenters. The maximum atomic E-state index is 12.7. The molecule has 0 unspecified atom stereocenters. The van der Waals surface area contributed by atoms with Gasteiger partial charge in [0.1, 0.15) is 0 Å². The number of fused-ring (bicyclic) bond motifs is 1. The number of nitrogens with one attached hydrogen (secondary N) is 1. The van der Waals surface area contributed by atoms with Crippen molar-refractivity contribution in [1.82, 2.24) is 9.88 Å². The van der Waals surface area contributed by atoms with Gasteiger partial charge in [0.2, 0.25) is 0 Å². The predicted octanol–water partition coefficient (Wildman–Crippen LogP) is 2.89. The van der Waals surface area contributed by atoms with Gasteiger partial charge in [-0.3, -0.25) is 9.36 Å². The Morgan fingerprint density at radius 3 is 2.95 bits per heavy atom. The molecule has 0 radical (unpaired) electrons. The van der Waals surface area contributed by atoms with E-state index < -0.39 is 0 Å². The van der Waals surface area contributed by atoms with Gasteiger partial charge in [0.25, 0.3) is 5.91 Å². The van der Waals surface area contributed by atoms with Crippen LogP contribution in [0.1, 0.15) is 27.2 Å². The van der Waals surface area contributed by atoms with Gasteiger partial charge in [0, 0.05) is 30.8 Å². The monoisotopic (exact) mass is 318 g/mol. The topological polar surface area (TPSA) is 34.0 Å². The number of aryl methyl sites for hydroxylation is 1. The maximum absolute atomic E-state index is 12.7. The van der Waals surface area contributed by atoms with Crippen LogP contribution in [0.4, 0.5) is 0 Å².